The van der Waals surface area contributed by atoms with Crippen molar-refractivity contribution in [3.05, 3.63) is 101 Å². The number of fused-ring (bicyclic) bond motifs is 1. The second-order valence-electron chi connectivity index (χ2n) is 7.43. The molecule has 1 aliphatic rings. The number of hydrogen-bond acceptors (Lipinski definition) is 3. The number of rotatable bonds is 6. The molecule has 1 aliphatic heterocycles. The van der Waals surface area contributed by atoms with E-state index in [0.29, 0.717) is 19.5 Å². The first-order chi connectivity index (χ1) is 14.6. The fourth-order valence-electron chi connectivity index (χ4n) is 3.69. The fourth-order valence-corrected chi connectivity index (χ4v) is 3.69. The van der Waals surface area contributed by atoms with E-state index in [4.69, 9.17) is 9.84 Å². The van der Waals surface area contributed by atoms with Crippen LogP contribution in [0.15, 0.2) is 78.9 Å². The molecule has 4 rings (SSSR count). The van der Waals surface area contributed by atoms with E-state index in [2.05, 4.69) is 0 Å². The molecule has 3 aromatic carbocycles. The first-order valence-corrected chi connectivity index (χ1v) is 9.99. The van der Waals surface area contributed by atoms with Crippen LogP contribution in [0, 0.1) is 0 Å². The van der Waals surface area contributed by atoms with Crippen molar-refractivity contribution in [2.24, 2.45) is 0 Å². The van der Waals surface area contributed by atoms with Crippen LogP contribution in [0.3, 0.4) is 0 Å². The van der Waals surface area contributed by atoms with E-state index >= 15 is 0 Å². The Kier molecular flexibility index (Phi) is 5.80. The predicted octanol–water partition coefficient (Wildman–Crippen LogP) is 4.31. The van der Waals surface area contributed by atoms with Crippen LogP contribution in [0.2, 0.25) is 0 Å². The molecular weight excluding hydrogens is 378 g/mol. The number of aromatic carboxylic acids is 1. The molecule has 1 amide bonds. The van der Waals surface area contributed by atoms with Crippen LogP contribution >= 0.6 is 0 Å². The van der Waals surface area contributed by atoms with Crippen molar-refractivity contribution in [3.63, 3.8) is 0 Å². The number of nitrogens with zero attached hydrogens (tertiary/aromatic N) is 1. The van der Waals surface area contributed by atoms with Gasteiger partial charge in [0.1, 0.15) is 5.75 Å². The van der Waals surface area contributed by atoms with Crippen LogP contribution in [0.25, 0.3) is 0 Å². The van der Waals surface area contributed by atoms with Crippen LogP contribution in [0.1, 0.15) is 33.5 Å². The van der Waals surface area contributed by atoms with Crippen LogP contribution < -0.4 is 4.74 Å². The van der Waals surface area contributed by atoms with Gasteiger partial charge >= 0.3 is 5.97 Å². The molecule has 0 saturated heterocycles. The van der Waals surface area contributed by atoms with E-state index in [1.165, 1.54) is 0 Å². The van der Waals surface area contributed by atoms with E-state index in [1.54, 1.807) is 29.2 Å². The summed E-state index contributed by atoms with van der Waals surface area (Å²) in [7, 11) is 0. The van der Waals surface area contributed by atoms with Crippen molar-refractivity contribution < 1.29 is 19.4 Å². The molecule has 0 saturated carbocycles. The summed E-state index contributed by atoms with van der Waals surface area (Å²) in [5.74, 6) is -0.253. The molecule has 1 heterocycles. The van der Waals surface area contributed by atoms with E-state index < -0.39 is 12.1 Å². The summed E-state index contributed by atoms with van der Waals surface area (Å²) >= 11 is 0. The minimum absolute atomic E-state index is 0.0596. The number of ether oxygens (including phenoxy) is 1. The largest absolute Gasteiger partial charge is 0.480 e. The Balaban J connectivity index is 1.55. The Morgan fingerprint density at radius 2 is 1.50 bits per heavy atom. The van der Waals surface area contributed by atoms with Crippen molar-refractivity contribution in [1.29, 1.82) is 0 Å². The van der Waals surface area contributed by atoms with Gasteiger partial charge in [0, 0.05) is 13.1 Å². The van der Waals surface area contributed by atoms with E-state index in [0.717, 1.165) is 28.9 Å². The molecule has 0 aromatic heterocycles. The number of amides is 1. The third-order valence-electron chi connectivity index (χ3n) is 5.30. The van der Waals surface area contributed by atoms with Gasteiger partial charge in [-0.2, -0.15) is 0 Å². The summed E-state index contributed by atoms with van der Waals surface area (Å²) in [5.41, 5.74) is 3.26. The number of carboxylic acids is 1. The fraction of sp³-hybridized carbons (Fsp3) is 0.200. The average molecular weight is 401 g/mol. The Labute approximate surface area is 175 Å². The number of carbonyl (C=O) groups is 2. The lowest BCUT2D eigenvalue weighted by atomic mass is 10.0. The zero-order chi connectivity index (χ0) is 20.9. The first-order valence-electron chi connectivity index (χ1n) is 9.99. The van der Waals surface area contributed by atoms with Crippen LogP contribution in [0.4, 0.5) is 0 Å². The third-order valence-corrected chi connectivity index (χ3v) is 5.30. The Hall–Kier alpha value is -3.60. The van der Waals surface area contributed by atoms with Gasteiger partial charge in [0.15, 0.2) is 6.10 Å². The molecule has 0 bridgehead atoms. The number of benzene rings is 3. The van der Waals surface area contributed by atoms with Crippen molar-refractivity contribution >= 4 is 11.9 Å². The number of carboxylic acid groups (broad SMARTS) is 1. The van der Waals surface area contributed by atoms with Gasteiger partial charge in [-0.15, -0.1) is 0 Å². The number of carbonyl (C=O) groups excluding carboxylic acids is 1. The first kappa shape index (κ1) is 19.7. The van der Waals surface area contributed by atoms with E-state index in [-0.39, 0.29) is 11.5 Å². The van der Waals surface area contributed by atoms with Gasteiger partial charge in [0.05, 0.1) is 5.56 Å². The lowest BCUT2D eigenvalue weighted by Gasteiger charge is -2.31. The molecule has 0 aliphatic carbocycles. The number of para-hydroxylation sites is 1. The van der Waals surface area contributed by atoms with Crippen LogP contribution in [-0.2, 0) is 24.3 Å². The maximum Gasteiger partial charge on any atom is 0.335 e. The maximum absolute atomic E-state index is 13.4. The summed E-state index contributed by atoms with van der Waals surface area (Å²) in [4.78, 5) is 26.3. The average Bonchev–Trinajstić information content (AvgIpc) is 2.79. The highest BCUT2D eigenvalue weighted by atomic mass is 16.5. The lowest BCUT2D eigenvalue weighted by Crippen LogP contribution is -2.42. The minimum Gasteiger partial charge on any atom is -0.480 e. The Bertz CT molecular complexity index is 1030. The van der Waals surface area contributed by atoms with Gasteiger partial charge in [-0.3, -0.25) is 4.79 Å². The summed E-state index contributed by atoms with van der Waals surface area (Å²) in [6, 6.07) is 24.3. The minimum atomic E-state index is -0.965. The normalized spacial score (nSPS) is 15.0. The highest BCUT2D eigenvalue weighted by Crippen LogP contribution is 2.28. The molecule has 1 atom stereocenters. The van der Waals surface area contributed by atoms with Gasteiger partial charge in [0.25, 0.3) is 5.91 Å². The monoisotopic (exact) mass is 401 g/mol. The lowest BCUT2D eigenvalue weighted by molar-refractivity contribution is -0.140. The van der Waals surface area contributed by atoms with Gasteiger partial charge in [0.2, 0.25) is 0 Å². The molecule has 0 spiro atoms. The molecule has 5 nitrogen and oxygen atoms in total. The van der Waals surface area contributed by atoms with Crippen molar-refractivity contribution in [1.82, 2.24) is 4.90 Å². The molecule has 3 aromatic rings. The molecule has 0 radical (unpaired) electrons. The zero-order valence-corrected chi connectivity index (χ0v) is 16.5. The molecule has 30 heavy (non-hydrogen) atoms. The van der Waals surface area contributed by atoms with Crippen molar-refractivity contribution in [2.75, 3.05) is 0 Å². The van der Waals surface area contributed by atoms with Gasteiger partial charge in [-0.05, 0) is 47.7 Å². The van der Waals surface area contributed by atoms with Crippen molar-refractivity contribution in [3.8, 4) is 5.75 Å². The summed E-state index contributed by atoms with van der Waals surface area (Å²) in [6.07, 6.45) is 0.917. The van der Waals surface area contributed by atoms with Crippen molar-refractivity contribution in [2.45, 2.75) is 32.0 Å². The standard InChI is InChI=1S/C25H23NO4/c27-24(23-15-14-20-8-4-5-9-22(20)30-23)26(16-18-6-2-1-3-7-18)17-19-10-12-21(13-11-19)25(28)29/h1-13,23H,14-17H2,(H,28,29)/t23-/m1/s1. The second-order valence-corrected chi connectivity index (χ2v) is 7.43. The summed E-state index contributed by atoms with van der Waals surface area (Å²) in [5, 5.41) is 9.11. The Morgan fingerprint density at radius 3 is 2.20 bits per heavy atom. The summed E-state index contributed by atoms with van der Waals surface area (Å²) < 4.78 is 6.03. The highest BCUT2D eigenvalue weighted by molar-refractivity contribution is 5.87. The molecule has 0 fully saturated rings. The van der Waals surface area contributed by atoms with E-state index in [9.17, 15) is 9.59 Å². The van der Waals surface area contributed by atoms with Crippen LogP contribution in [-0.4, -0.2) is 28.0 Å². The maximum atomic E-state index is 13.4. The molecule has 0 unspecified atom stereocenters. The second kappa shape index (κ2) is 8.82. The number of aryl methyl sites for hydroxylation is 1. The quantitative estimate of drug-likeness (QED) is 0.669. The Morgan fingerprint density at radius 1 is 0.867 bits per heavy atom. The van der Waals surface area contributed by atoms with Crippen LogP contribution in [0.5, 0.6) is 5.75 Å². The SMILES string of the molecule is O=C(O)c1ccc(CN(Cc2ccccc2)C(=O)[C@H]2CCc3ccccc3O2)cc1. The molecular formula is C25H23NO4. The number of hydrogen-bond donors (Lipinski definition) is 1. The van der Waals surface area contributed by atoms with Gasteiger partial charge in [-0.25, -0.2) is 4.79 Å². The topological polar surface area (TPSA) is 66.8 Å². The third kappa shape index (κ3) is 4.51. The van der Waals surface area contributed by atoms with E-state index in [1.807, 2.05) is 54.6 Å². The highest BCUT2D eigenvalue weighted by Gasteiger charge is 2.30. The van der Waals surface area contributed by atoms with Gasteiger partial charge in [-0.1, -0.05) is 60.7 Å². The smallest absolute Gasteiger partial charge is 0.335 e. The summed E-state index contributed by atoms with van der Waals surface area (Å²) in [6.45, 7) is 0.844. The van der Waals surface area contributed by atoms with Gasteiger partial charge < -0.3 is 14.7 Å². The molecule has 1 N–H and O–H groups in total. The molecule has 5 heteroatoms. The predicted molar refractivity (Wildman–Crippen MR) is 113 cm³/mol. The zero-order valence-electron chi connectivity index (χ0n) is 16.5. The molecule has 152 valence electrons.